The van der Waals surface area contributed by atoms with E-state index in [0.717, 1.165) is 33.3 Å². The van der Waals surface area contributed by atoms with Crippen LogP contribution in [0.25, 0.3) is 6.08 Å². The maximum atomic E-state index is 10.7. The number of halogens is 2. The number of carboxylic acid groups (broad SMARTS) is 1. The average Bonchev–Trinajstić information content (AvgIpc) is 2.65. The van der Waals surface area contributed by atoms with E-state index < -0.39 is 5.97 Å². The van der Waals surface area contributed by atoms with Gasteiger partial charge < -0.3 is 9.67 Å². The molecule has 0 unspecified atom stereocenters. The van der Waals surface area contributed by atoms with Crippen LogP contribution in [-0.2, 0) is 11.3 Å². The fraction of sp³-hybridized carbons (Fsp3) is 0.200. The molecule has 0 atom stereocenters. The van der Waals surface area contributed by atoms with Crippen molar-refractivity contribution in [3.63, 3.8) is 0 Å². The van der Waals surface area contributed by atoms with Gasteiger partial charge in [0.05, 0.1) is 17.9 Å². The minimum atomic E-state index is -0.985. The first-order valence-electron chi connectivity index (χ1n) is 6.27. The normalized spacial score (nSPS) is 11.2. The molecule has 4 nitrogen and oxygen atoms in total. The van der Waals surface area contributed by atoms with Crippen LogP contribution in [0.2, 0.25) is 5.02 Å². The van der Waals surface area contributed by atoms with Crippen molar-refractivity contribution in [1.82, 2.24) is 9.55 Å². The molecule has 1 aromatic carbocycles. The number of hydrogen-bond donors (Lipinski definition) is 1. The summed E-state index contributed by atoms with van der Waals surface area (Å²) in [5.41, 5.74) is 2.51. The zero-order valence-electron chi connectivity index (χ0n) is 11.6. The van der Waals surface area contributed by atoms with Gasteiger partial charge in [-0.05, 0) is 37.6 Å². The van der Waals surface area contributed by atoms with Crippen LogP contribution in [0.1, 0.15) is 22.8 Å². The van der Waals surface area contributed by atoms with Crippen molar-refractivity contribution in [1.29, 1.82) is 0 Å². The Morgan fingerprint density at radius 2 is 2.19 bits per heavy atom. The summed E-state index contributed by atoms with van der Waals surface area (Å²) >= 11 is 9.62. The van der Waals surface area contributed by atoms with E-state index in [4.69, 9.17) is 16.7 Å². The summed E-state index contributed by atoms with van der Waals surface area (Å²) in [7, 11) is 0. The highest BCUT2D eigenvalue weighted by Crippen LogP contribution is 2.24. The van der Waals surface area contributed by atoms with Crippen molar-refractivity contribution in [2.45, 2.75) is 20.4 Å². The Balaban J connectivity index is 2.41. The SMILES string of the molecule is Cc1nc(C)n(Cc2ccc(Br)cc2Cl)c1/C=C/C(=O)O. The maximum absolute atomic E-state index is 10.7. The van der Waals surface area contributed by atoms with E-state index in [1.165, 1.54) is 0 Å². The quantitative estimate of drug-likeness (QED) is 0.827. The van der Waals surface area contributed by atoms with Crippen LogP contribution < -0.4 is 0 Å². The van der Waals surface area contributed by atoms with E-state index in [-0.39, 0.29) is 0 Å². The molecule has 1 heterocycles. The van der Waals surface area contributed by atoms with Gasteiger partial charge in [-0.15, -0.1) is 0 Å². The van der Waals surface area contributed by atoms with E-state index in [9.17, 15) is 4.79 Å². The second kappa shape index (κ2) is 6.45. The van der Waals surface area contributed by atoms with Gasteiger partial charge in [0.25, 0.3) is 0 Å². The zero-order valence-corrected chi connectivity index (χ0v) is 13.9. The van der Waals surface area contributed by atoms with Crippen LogP contribution >= 0.6 is 27.5 Å². The topological polar surface area (TPSA) is 55.1 Å². The van der Waals surface area contributed by atoms with Gasteiger partial charge in [-0.1, -0.05) is 33.6 Å². The summed E-state index contributed by atoms with van der Waals surface area (Å²) < 4.78 is 2.87. The molecule has 0 aliphatic heterocycles. The van der Waals surface area contributed by atoms with Crippen LogP contribution in [0.3, 0.4) is 0 Å². The first-order valence-corrected chi connectivity index (χ1v) is 7.44. The van der Waals surface area contributed by atoms with E-state index in [0.29, 0.717) is 11.6 Å². The predicted octanol–water partition coefficient (Wildman–Crippen LogP) is 4.06. The molecule has 6 heteroatoms. The van der Waals surface area contributed by atoms with Crippen LogP contribution in [0, 0.1) is 13.8 Å². The zero-order chi connectivity index (χ0) is 15.6. The highest BCUT2D eigenvalue weighted by molar-refractivity contribution is 9.10. The number of nitrogens with zero attached hydrogens (tertiary/aromatic N) is 2. The molecule has 0 aliphatic rings. The first-order chi connectivity index (χ1) is 9.88. The number of hydrogen-bond acceptors (Lipinski definition) is 2. The molecule has 0 fully saturated rings. The third-order valence-electron chi connectivity index (χ3n) is 3.11. The van der Waals surface area contributed by atoms with Gasteiger partial charge in [0.1, 0.15) is 5.82 Å². The summed E-state index contributed by atoms with van der Waals surface area (Å²) in [5.74, 6) is -0.169. The molecular formula is C15H14BrClN2O2. The number of aliphatic carboxylic acids is 1. The number of benzene rings is 1. The minimum absolute atomic E-state index is 0.540. The van der Waals surface area contributed by atoms with Crippen molar-refractivity contribution < 1.29 is 9.90 Å². The molecule has 0 amide bonds. The van der Waals surface area contributed by atoms with Crippen molar-refractivity contribution in [3.8, 4) is 0 Å². The van der Waals surface area contributed by atoms with Gasteiger partial charge in [0, 0.05) is 15.6 Å². The van der Waals surface area contributed by atoms with Crippen LogP contribution in [0.15, 0.2) is 28.7 Å². The fourth-order valence-corrected chi connectivity index (χ4v) is 2.84. The lowest BCUT2D eigenvalue weighted by molar-refractivity contribution is -0.131. The minimum Gasteiger partial charge on any atom is -0.478 e. The Bertz CT molecular complexity index is 723. The summed E-state index contributed by atoms with van der Waals surface area (Å²) in [6.45, 7) is 4.28. The van der Waals surface area contributed by atoms with Crippen LogP contribution in [-0.4, -0.2) is 20.6 Å². The van der Waals surface area contributed by atoms with Gasteiger partial charge in [-0.25, -0.2) is 9.78 Å². The molecule has 0 saturated heterocycles. The number of aryl methyl sites for hydroxylation is 2. The highest BCUT2D eigenvalue weighted by Gasteiger charge is 2.11. The monoisotopic (exact) mass is 368 g/mol. The Morgan fingerprint density at radius 1 is 1.48 bits per heavy atom. The molecule has 21 heavy (non-hydrogen) atoms. The summed E-state index contributed by atoms with van der Waals surface area (Å²) in [4.78, 5) is 15.1. The van der Waals surface area contributed by atoms with E-state index >= 15 is 0 Å². The Hall–Kier alpha value is -1.59. The molecule has 2 rings (SSSR count). The van der Waals surface area contributed by atoms with Gasteiger partial charge in [-0.2, -0.15) is 0 Å². The highest BCUT2D eigenvalue weighted by atomic mass is 79.9. The molecule has 1 aromatic heterocycles. The van der Waals surface area contributed by atoms with E-state index in [1.54, 1.807) is 6.08 Å². The lowest BCUT2D eigenvalue weighted by Crippen LogP contribution is -2.05. The number of imidazole rings is 1. The molecule has 0 aliphatic carbocycles. The standard InChI is InChI=1S/C15H14BrClN2O2/c1-9-14(5-6-15(20)21)19(10(2)18-9)8-11-3-4-12(16)7-13(11)17/h3-7H,8H2,1-2H3,(H,20,21)/b6-5+. The van der Waals surface area contributed by atoms with Crippen molar-refractivity contribution in [3.05, 3.63) is 56.5 Å². The number of rotatable bonds is 4. The maximum Gasteiger partial charge on any atom is 0.328 e. The van der Waals surface area contributed by atoms with Gasteiger partial charge in [-0.3, -0.25) is 0 Å². The average molecular weight is 370 g/mol. The van der Waals surface area contributed by atoms with Crippen molar-refractivity contribution in [2.75, 3.05) is 0 Å². The summed E-state index contributed by atoms with van der Waals surface area (Å²) in [6.07, 6.45) is 2.67. The summed E-state index contributed by atoms with van der Waals surface area (Å²) in [6, 6.07) is 5.70. The molecule has 2 aromatic rings. The molecule has 110 valence electrons. The largest absolute Gasteiger partial charge is 0.478 e. The lowest BCUT2D eigenvalue weighted by atomic mass is 10.2. The van der Waals surface area contributed by atoms with Gasteiger partial charge >= 0.3 is 5.97 Å². The van der Waals surface area contributed by atoms with Crippen LogP contribution in [0.4, 0.5) is 0 Å². The Morgan fingerprint density at radius 3 is 2.81 bits per heavy atom. The Kier molecular flexibility index (Phi) is 4.85. The predicted molar refractivity (Wildman–Crippen MR) is 86.6 cm³/mol. The summed E-state index contributed by atoms with van der Waals surface area (Å²) in [5, 5.41) is 9.44. The lowest BCUT2D eigenvalue weighted by Gasteiger charge is -2.10. The third-order valence-corrected chi connectivity index (χ3v) is 3.95. The van der Waals surface area contributed by atoms with Crippen molar-refractivity contribution in [2.24, 2.45) is 0 Å². The van der Waals surface area contributed by atoms with Crippen LogP contribution in [0.5, 0.6) is 0 Å². The molecule has 0 radical (unpaired) electrons. The van der Waals surface area contributed by atoms with E-state index in [2.05, 4.69) is 20.9 Å². The molecule has 0 bridgehead atoms. The second-order valence-electron chi connectivity index (χ2n) is 4.62. The van der Waals surface area contributed by atoms with E-state index in [1.807, 2.05) is 36.6 Å². The molecule has 0 saturated carbocycles. The molecule has 0 spiro atoms. The Labute approximate surface area is 136 Å². The van der Waals surface area contributed by atoms with Gasteiger partial charge in [0.15, 0.2) is 0 Å². The molecular weight excluding hydrogens is 356 g/mol. The number of carboxylic acids is 1. The fourth-order valence-electron chi connectivity index (χ4n) is 2.11. The van der Waals surface area contributed by atoms with Gasteiger partial charge in [0.2, 0.25) is 0 Å². The first kappa shape index (κ1) is 15.8. The number of aromatic nitrogens is 2. The molecule has 1 N–H and O–H groups in total. The smallest absolute Gasteiger partial charge is 0.328 e. The number of carbonyl (C=O) groups is 1. The van der Waals surface area contributed by atoms with Crippen molar-refractivity contribution >= 4 is 39.6 Å². The third kappa shape index (κ3) is 3.74. The second-order valence-corrected chi connectivity index (χ2v) is 5.95.